The Morgan fingerprint density at radius 1 is 1.18 bits per heavy atom. The molecular formula is C16H16N2O3S. The number of nitrogens with zero attached hydrogens (tertiary/aromatic N) is 1. The minimum absolute atomic E-state index is 0.191. The second kappa shape index (κ2) is 8.19. The van der Waals surface area contributed by atoms with E-state index in [1.165, 1.54) is 18.9 Å². The van der Waals surface area contributed by atoms with Crippen LogP contribution in [0.5, 0.6) is 0 Å². The number of thioether (sulfide) groups is 1. The highest BCUT2D eigenvalue weighted by Gasteiger charge is 2.10. The molecule has 1 amide bonds. The number of aromatic nitrogens is 1. The van der Waals surface area contributed by atoms with Gasteiger partial charge in [-0.1, -0.05) is 18.2 Å². The van der Waals surface area contributed by atoms with Crippen molar-refractivity contribution in [3.63, 3.8) is 0 Å². The summed E-state index contributed by atoms with van der Waals surface area (Å²) in [6.07, 6.45) is 1.95. The summed E-state index contributed by atoms with van der Waals surface area (Å²) in [4.78, 5) is 27.5. The van der Waals surface area contributed by atoms with Crippen LogP contribution in [0.25, 0.3) is 0 Å². The van der Waals surface area contributed by atoms with Gasteiger partial charge in [0.2, 0.25) is 0 Å². The summed E-state index contributed by atoms with van der Waals surface area (Å²) < 4.78 is 4.60. The quantitative estimate of drug-likeness (QED) is 0.655. The summed E-state index contributed by atoms with van der Waals surface area (Å²) in [7, 11) is 1.36. The molecule has 0 atom stereocenters. The Morgan fingerprint density at radius 2 is 1.95 bits per heavy atom. The fraction of sp³-hybridized carbons (Fsp3) is 0.188. The van der Waals surface area contributed by atoms with Crippen molar-refractivity contribution in [1.82, 2.24) is 4.98 Å². The summed E-state index contributed by atoms with van der Waals surface area (Å²) in [5.74, 6) is 0.0828. The van der Waals surface area contributed by atoms with Gasteiger partial charge in [-0.05, 0) is 24.3 Å². The minimum Gasteiger partial charge on any atom is -0.469 e. The molecule has 0 spiro atoms. The molecule has 0 bridgehead atoms. The lowest BCUT2D eigenvalue weighted by Crippen LogP contribution is -2.12. The van der Waals surface area contributed by atoms with Crippen LogP contribution in [0.1, 0.15) is 16.8 Å². The van der Waals surface area contributed by atoms with Crippen LogP contribution in [0.3, 0.4) is 0 Å². The molecule has 1 heterocycles. The average Bonchev–Trinajstić information content (AvgIpc) is 2.57. The zero-order chi connectivity index (χ0) is 15.8. The van der Waals surface area contributed by atoms with Crippen molar-refractivity contribution >= 4 is 29.3 Å². The number of hydrogen-bond donors (Lipinski definition) is 1. The van der Waals surface area contributed by atoms with Gasteiger partial charge in [0.15, 0.2) is 0 Å². The number of hydrogen-bond acceptors (Lipinski definition) is 5. The minimum atomic E-state index is -0.265. The fourth-order valence-corrected chi connectivity index (χ4v) is 2.59. The van der Waals surface area contributed by atoms with Crippen LogP contribution >= 0.6 is 11.8 Å². The van der Waals surface area contributed by atoms with E-state index in [4.69, 9.17) is 0 Å². The van der Waals surface area contributed by atoms with Crippen LogP contribution < -0.4 is 5.32 Å². The van der Waals surface area contributed by atoms with E-state index in [1.807, 2.05) is 18.2 Å². The van der Waals surface area contributed by atoms with Crippen LogP contribution in [0.4, 0.5) is 5.69 Å². The molecule has 5 nitrogen and oxygen atoms in total. The number of carbonyl (C=O) groups is 2. The molecule has 0 aliphatic rings. The van der Waals surface area contributed by atoms with Crippen molar-refractivity contribution in [2.75, 3.05) is 18.2 Å². The Bertz CT molecular complexity index is 647. The predicted octanol–water partition coefficient (Wildman–Crippen LogP) is 2.99. The van der Waals surface area contributed by atoms with Crippen molar-refractivity contribution in [3.05, 3.63) is 54.2 Å². The Kier molecular flexibility index (Phi) is 5.97. The fourth-order valence-electron chi connectivity index (χ4n) is 1.72. The number of carbonyl (C=O) groups excluding carboxylic acids is 2. The molecule has 0 radical (unpaired) electrons. The molecule has 1 aromatic carbocycles. The van der Waals surface area contributed by atoms with E-state index in [9.17, 15) is 9.59 Å². The first-order valence-corrected chi connectivity index (χ1v) is 7.70. The molecule has 0 aliphatic carbocycles. The molecule has 114 valence electrons. The van der Waals surface area contributed by atoms with Gasteiger partial charge < -0.3 is 10.1 Å². The van der Waals surface area contributed by atoms with E-state index in [1.54, 1.807) is 30.5 Å². The van der Waals surface area contributed by atoms with Gasteiger partial charge in [-0.15, -0.1) is 11.8 Å². The molecule has 0 fully saturated rings. The van der Waals surface area contributed by atoms with Crippen molar-refractivity contribution in [2.45, 2.75) is 11.4 Å². The highest BCUT2D eigenvalue weighted by molar-refractivity contribution is 7.99. The standard InChI is InChI=1S/C16H16N2O3S/c1-21-14(19)9-11-22-16-13(8-5-10-17-16)18-15(20)12-6-3-2-4-7-12/h2-8,10H,9,11H2,1H3,(H,18,20). The van der Waals surface area contributed by atoms with Crippen LogP contribution in [0.2, 0.25) is 0 Å². The van der Waals surface area contributed by atoms with Crippen molar-refractivity contribution in [3.8, 4) is 0 Å². The maximum atomic E-state index is 12.2. The van der Waals surface area contributed by atoms with Crippen molar-refractivity contribution < 1.29 is 14.3 Å². The lowest BCUT2D eigenvalue weighted by atomic mass is 10.2. The highest BCUT2D eigenvalue weighted by Crippen LogP contribution is 2.25. The normalized spacial score (nSPS) is 10.0. The summed E-state index contributed by atoms with van der Waals surface area (Å²) in [6.45, 7) is 0. The summed E-state index contributed by atoms with van der Waals surface area (Å²) in [5, 5.41) is 3.52. The van der Waals surface area contributed by atoms with Crippen LogP contribution in [-0.4, -0.2) is 29.7 Å². The number of nitrogens with one attached hydrogen (secondary N) is 1. The number of pyridine rings is 1. The maximum absolute atomic E-state index is 12.2. The molecule has 1 aromatic heterocycles. The number of amides is 1. The number of benzene rings is 1. The zero-order valence-corrected chi connectivity index (χ0v) is 12.9. The number of rotatable bonds is 6. The van der Waals surface area contributed by atoms with Gasteiger partial charge in [-0.2, -0.15) is 0 Å². The maximum Gasteiger partial charge on any atom is 0.306 e. The first-order chi connectivity index (χ1) is 10.7. The predicted molar refractivity (Wildman–Crippen MR) is 86.0 cm³/mol. The molecule has 2 aromatic rings. The molecule has 0 aliphatic heterocycles. The molecule has 0 unspecified atom stereocenters. The topological polar surface area (TPSA) is 68.3 Å². The molecule has 2 rings (SSSR count). The van der Waals surface area contributed by atoms with E-state index < -0.39 is 0 Å². The summed E-state index contributed by atoms with van der Waals surface area (Å²) in [5.41, 5.74) is 1.21. The lowest BCUT2D eigenvalue weighted by Gasteiger charge is -2.09. The van der Waals surface area contributed by atoms with Crippen LogP contribution in [0.15, 0.2) is 53.7 Å². The van der Waals surface area contributed by atoms with E-state index in [0.29, 0.717) is 28.5 Å². The van der Waals surface area contributed by atoms with E-state index in [2.05, 4.69) is 15.0 Å². The third kappa shape index (κ3) is 4.60. The number of anilines is 1. The third-order valence-electron chi connectivity index (χ3n) is 2.83. The van der Waals surface area contributed by atoms with Crippen molar-refractivity contribution in [2.24, 2.45) is 0 Å². The number of ether oxygens (including phenoxy) is 1. The Balaban J connectivity index is 2.02. The Labute approximate surface area is 133 Å². The summed E-state index contributed by atoms with van der Waals surface area (Å²) >= 11 is 1.40. The average molecular weight is 316 g/mol. The second-order valence-corrected chi connectivity index (χ2v) is 5.43. The van der Waals surface area contributed by atoms with E-state index >= 15 is 0 Å². The van der Waals surface area contributed by atoms with Crippen LogP contribution in [-0.2, 0) is 9.53 Å². The first kappa shape index (κ1) is 16.0. The third-order valence-corrected chi connectivity index (χ3v) is 3.83. The van der Waals surface area contributed by atoms with E-state index in [-0.39, 0.29) is 11.9 Å². The molecule has 1 N–H and O–H groups in total. The second-order valence-electron chi connectivity index (χ2n) is 4.35. The molecule has 0 saturated heterocycles. The van der Waals surface area contributed by atoms with Gasteiger partial charge in [0.25, 0.3) is 5.91 Å². The molecule has 6 heteroatoms. The van der Waals surface area contributed by atoms with E-state index in [0.717, 1.165) is 0 Å². The summed E-state index contributed by atoms with van der Waals surface area (Å²) in [6, 6.07) is 12.5. The first-order valence-electron chi connectivity index (χ1n) is 6.71. The number of methoxy groups -OCH3 is 1. The van der Waals surface area contributed by atoms with Crippen molar-refractivity contribution in [1.29, 1.82) is 0 Å². The van der Waals surface area contributed by atoms with Gasteiger partial charge in [0, 0.05) is 17.5 Å². The van der Waals surface area contributed by atoms with Gasteiger partial charge >= 0.3 is 5.97 Å². The van der Waals surface area contributed by atoms with Crippen LogP contribution in [0, 0.1) is 0 Å². The molecule has 22 heavy (non-hydrogen) atoms. The number of esters is 1. The van der Waals surface area contributed by atoms with Gasteiger partial charge in [-0.25, -0.2) is 4.98 Å². The molecular weight excluding hydrogens is 300 g/mol. The zero-order valence-electron chi connectivity index (χ0n) is 12.1. The largest absolute Gasteiger partial charge is 0.469 e. The highest BCUT2D eigenvalue weighted by atomic mass is 32.2. The monoisotopic (exact) mass is 316 g/mol. The Morgan fingerprint density at radius 3 is 2.68 bits per heavy atom. The smallest absolute Gasteiger partial charge is 0.306 e. The lowest BCUT2D eigenvalue weighted by molar-refractivity contribution is -0.140. The SMILES string of the molecule is COC(=O)CCSc1ncccc1NC(=O)c1ccccc1. The van der Waals surface area contributed by atoms with Gasteiger partial charge in [0.05, 0.1) is 19.2 Å². The van der Waals surface area contributed by atoms with Gasteiger partial charge in [-0.3, -0.25) is 9.59 Å². The van der Waals surface area contributed by atoms with Gasteiger partial charge in [0.1, 0.15) is 5.03 Å². The molecule has 0 saturated carbocycles. The Hall–Kier alpha value is -2.34.